The molecule has 2 rings (SSSR count). The van der Waals surface area contributed by atoms with Crippen LogP contribution >= 0.6 is 11.5 Å². The Morgan fingerprint density at radius 3 is 2.73 bits per heavy atom. The molecule has 0 aliphatic rings. The number of anilines is 1. The fourth-order valence-corrected chi connectivity index (χ4v) is 2.55. The first-order valence-corrected chi connectivity index (χ1v) is 8.05. The summed E-state index contributed by atoms with van der Waals surface area (Å²) in [6.07, 6.45) is 2.32. The van der Waals surface area contributed by atoms with Crippen molar-refractivity contribution >= 4 is 22.6 Å². The zero-order valence-corrected chi connectivity index (χ0v) is 14.2. The minimum atomic E-state index is -0.173. The maximum Gasteiger partial charge on any atom is 0.287 e. The molecule has 0 saturated heterocycles. The van der Waals surface area contributed by atoms with Crippen molar-refractivity contribution in [3.05, 3.63) is 29.5 Å². The Morgan fingerprint density at radius 1 is 1.36 bits per heavy atom. The molecule has 0 saturated carbocycles. The van der Waals surface area contributed by atoms with Crippen LogP contribution in [0, 0.1) is 6.92 Å². The summed E-state index contributed by atoms with van der Waals surface area (Å²) in [4.78, 5) is 16.3. The van der Waals surface area contributed by atoms with Gasteiger partial charge in [-0.25, -0.2) is 4.98 Å². The van der Waals surface area contributed by atoms with Gasteiger partial charge in [-0.1, -0.05) is 20.8 Å². The van der Waals surface area contributed by atoms with E-state index in [0.29, 0.717) is 12.3 Å². The molecule has 2 aromatic heterocycles. The molecular formula is C15H22N4O2S. The van der Waals surface area contributed by atoms with Crippen molar-refractivity contribution in [3.63, 3.8) is 0 Å². The second-order valence-electron chi connectivity index (χ2n) is 6.14. The molecule has 0 atom stereocenters. The number of nitrogens with one attached hydrogen (secondary N) is 2. The van der Waals surface area contributed by atoms with Gasteiger partial charge in [-0.3, -0.25) is 4.79 Å². The molecule has 7 heteroatoms. The Bertz CT molecular complexity index is 628. The van der Waals surface area contributed by atoms with E-state index in [4.69, 9.17) is 4.42 Å². The summed E-state index contributed by atoms with van der Waals surface area (Å²) in [6, 6.07) is 1.78. The summed E-state index contributed by atoms with van der Waals surface area (Å²) in [6.45, 7) is 9.43. The normalized spacial score (nSPS) is 11.5. The molecule has 2 heterocycles. The van der Waals surface area contributed by atoms with Crippen molar-refractivity contribution in [2.75, 3.05) is 18.4 Å². The number of furan rings is 1. The van der Waals surface area contributed by atoms with Gasteiger partial charge in [0.1, 0.15) is 5.82 Å². The molecule has 0 unspecified atom stereocenters. The molecule has 1 amide bonds. The fraction of sp³-hybridized carbons (Fsp3) is 0.533. The van der Waals surface area contributed by atoms with Crippen LogP contribution in [0.15, 0.2) is 16.7 Å². The molecular weight excluding hydrogens is 300 g/mol. The third-order valence-corrected chi connectivity index (χ3v) is 3.75. The van der Waals surface area contributed by atoms with Gasteiger partial charge in [-0.15, -0.1) is 0 Å². The number of hydrogen-bond acceptors (Lipinski definition) is 6. The van der Waals surface area contributed by atoms with Crippen LogP contribution in [0.5, 0.6) is 0 Å². The zero-order chi connectivity index (χ0) is 16.2. The molecule has 2 aromatic rings. The molecule has 0 aromatic carbocycles. The number of aromatic nitrogens is 2. The molecule has 0 fully saturated rings. The monoisotopic (exact) mass is 322 g/mol. The van der Waals surface area contributed by atoms with E-state index in [0.717, 1.165) is 29.5 Å². The zero-order valence-electron chi connectivity index (χ0n) is 13.4. The summed E-state index contributed by atoms with van der Waals surface area (Å²) in [7, 11) is 0. The highest BCUT2D eigenvalue weighted by Crippen LogP contribution is 2.22. The number of nitrogens with zero attached hydrogens (tertiary/aromatic N) is 2. The molecule has 0 bridgehead atoms. The van der Waals surface area contributed by atoms with Crippen molar-refractivity contribution in [2.45, 2.75) is 39.5 Å². The van der Waals surface area contributed by atoms with E-state index >= 15 is 0 Å². The van der Waals surface area contributed by atoms with Crippen molar-refractivity contribution in [1.29, 1.82) is 0 Å². The quantitative estimate of drug-likeness (QED) is 0.799. The van der Waals surface area contributed by atoms with Crippen molar-refractivity contribution in [2.24, 2.45) is 0 Å². The fourth-order valence-electron chi connectivity index (χ4n) is 1.77. The first-order valence-electron chi connectivity index (χ1n) is 7.28. The lowest BCUT2D eigenvalue weighted by atomic mass is 9.96. The van der Waals surface area contributed by atoms with Gasteiger partial charge in [-0.05, 0) is 19.4 Å². The molecule has 120 valence electrons. The molecule has 0 aliphatic carbocycles. The van der Waals surface area contributed by atoms with E-state index < -0.39 is 0 Å². The molecule has 0 spiro atoms. The van der Waals surface area contributed by atoms with E-state index in [9.17, 15) is 4.79 Å². The van der Waals surface area contributed by atoms with E-state index in [1.54, 1.807) is 6.07 Å². The van der Waals surface area contributed by atoms with Crippen LogP contribution in [0.4, 0.5) is 5.13 Å². The average molecular weight is 322 g/mol. The van der Waals surface area contributed by atoms with Gasteiger partial charge in [0.25, 0.3) is 5.91 Å². The molecule has 0 aliphatic heterocycles. The first kappa shape index (κ1) is 16.5. The van der Waals surface area contributed by atoms with Crippen LogP contribution in [0.2, 0.25) is 0 Å². The number of carbonyl (C=O) groups is 1. The standard InChI is InChI=1S/C15H22N4O2S/c1-10-6-9-21-11(10)12(20)16-7-5-8-17-14-18-13(19-22-14)15(2,3)4/h6,9H,5,7-8H2,1-4H3,(H,16,20)(H,17,18,19). The number of amides is 1. The molecule has 6 nitrogen and oxygen atoms in total. The highest BCUT2D eigenvalue weighted by atomic mass is 32.1. The van der Waals surface area contributed by atoms with Crippen molar-refractivity contribution < 1.29 is 9.21 Å². The second-order valence-corrected chi connectivity index (χ2v) is 6.89. The van der Waals surface area contributed by atoms with Gasteiger partial charge in [0.05, 0.1) is 6.26 Å². The number of hydrogen-bond donors (Lipinski definition) is 2. The van der Waals surface area contributed by atoms with Crippen LogP contribution in [0.1, 0.15) is 49.1 Å². The Hall–Kier alpha value is -1.89. The third-order valence-electron chi connectivity index (χ3n) is 3.08. The van der Waals surface area contributed by atoms with Gasteiger partial charge in [0.2, 0.25) is 5.13 Å². The SMILES string of the molecule is Cc1ccoc1C(=O)NCCCNc1nc(C(C)(C)C)ns1. The Balaban J connectivity index is 1.68. The van der Waals surface area contributed by atoms with E-state index in [1.165, 1.54) is 17.8 Å². The number of rotatable bonds is 6. The molecule has 22 heavy (non-hydrogen) atoms. The third kappa shape index (κ3) is 4.30. The molecule has 0 radical (unpaired) electrons. The summed E-state index contributed by atoms with van der Waals surface area (Å²) in [5.41, 5.74) is 0.810. The summed E-state index contributed by atoms with van der Waals surface area (Å²) < 4.78 is 9.49. The van der Waals surface area contributed by atoms with Gasteiger partial charge < -0.3 is 15.1 Å². The molecule has 2 N–H and O–H groups in total. The van der Waals surface area contributed by atoms with Gasteiger partial charge in [0.15, 0.2) is 5.76 Å². The lowest BCUT2D eigenvalue weighted by Gasteiger charge is -2.12. The van der Waals surface area contributed by atoms with Crippen LogP contribution < -0.4 is 10.6 Å². The highest BCUT2D eigenvalue weighted by molar-refractivity contribution is 7.09. The van der Waals surface area contributed by atoms with Crippen LogP contribution in [-0.4, -0.2) is 28.4 Å². The smallest absolute Gasteiger partial charge is 0.287 e. The van der Waals surface area contributed by atoms with Crippen LogP contribution in [0.3, 0.4) is 0 Å². The van der Waals surface area contributed by atoms with Gasteiger partial charge in [-0.2, -0.15) is 4.37 Å². The van der Waals surface area contributed by atoms with Gasteiger partial charge in [0, 0.05) is 35.6 Å². The second kappa shape index (κ2) is 6.91. The summed E-state index contributed by atoms with van der Waals surface area (Å²) >= 11 is 1.37. The van der Waals surface area contributed by atoms with Crippen LogP contribution in [-0.2, 0) is 5.41 Å². The first-order chi connectivity index (χ1) is 10.4. The highest BCUT2D eigenvalue weighted by Gasteiger charge is 2.19. The predicted octanol–water partition coefficient (Wildman–Crippen LogP) is 2.97. The number of aryl methyl sites for hydroxylation is 1. The minimum absolute atomic E-state index is 0.0364. The Kier molecular flexibility index (Phi) is 5.18. The van der Waals surface area contributed by atoms with E-state index in [2.05, 4.69) is 40.8 Å². The van der Waals surface area contributed by atoms with Gasteiger partial charge >= 0.3 is 0 Å². The van der Waals surface area contributed by atoms with Crippen molar-refractivity contribution in [1.82, 2.24) is 14.7 Å². The van der Waals surface area contributed by atoms with Crippen LogP contribution in [0.25, 0.3) is 0 Å². The summed E-state index contributed by atoms with van der Waals surface area (Å²) in [5.74, 6) is 1.06. The van der Waals surface area contributed by atoms with E-state index in [-0.39, 0.29) is 11.3 Å². The Morgan fingerprint density at radius 2 is 2.14 bits per heavy atom. The van der Waals surface area contributed by atoms with E-state index in [1.807, 2.05) is 6.92 Å². The average Bonchev–Trinajstić information content (AvgIpc) is 3.06. The number of carbonyl (C=O) groups excluding carboxylic acids is 1. The lowest BCUT2D eigenvalue weighted by Crippen LogP contribution is -2.26. The largest absolute Gasteiger partial charge is 0.459 e. The van der Waals surface area contributed by atoms with Crippen molar-refractivity contribution in [3.8, 4) is 0 Å². The predicted molar refractivity (Wildman–Crippen MR) is 87.5 cm³/mol. The minimum Gasteiger partial charge on any atom is -0.459 e. The topological polar surface area (TPSA) is 80.0 Å². The maximum atomic E-state index is 11.8. The maximum absolute atomic E-state index is 11.8. The lowest BCUT2D eigenvalue weighted by molar-refractivity contribution is 0.0925. The Labute approximate surface area is 134 Å². The summed E-state index contributed by atoms with van der Waals surface area (Å²) in [5, 5.41) is 6.88.